The summed E-state index contributed by atoms with van der Waals surface area (Å²) in [7, 11) is 1.57. The maximum Gasteiger partial charge on any atom is 0.405 e. The second-order valence-corrected chi connectivity index (χ2v) is 5.59. The second kappa shape index (κ2) is 8.04. The number of halogens is 3. The molecular weight excluding hydrogens is 347 g/mol. The molecule has 0 saturated carbocycles. The van der Waals surface area contributed by atoms with Crippen molar-refractivity contribution in [1.29, 1.82) is 0 Å². The molecule has 0 radical (unpaired) electrons. The maximum absolute atomic E-state index is 12.0. The van der Waals surface area contributed by atoms with Crippen LogP contribution in [0.3, 0.4) is 0 Å². The van der Waals surface area contributed by atoms with Crippen LogP contribution in [-0.4, -0.2) is 41.7 Å². The van der Waals surface area contributed by atoms with Crippen LogP contribution in [0.15, 0.2) is 33.9 Å². The first kappa shape index (κ1) is 18.1. The summed E-state index contributed by atoms with van der Waals surface area (Å²) in [6.45, 7) is -1.36. The SMILES string of the molecule is COc1ccc(Cc2nnc(SCC(=O)NCC(F)(F)F)o2)cc1. The fraction of sp³-hybridized carbons (Fsp3) is 0.357. The highest BCUT2D eigenvalue weighted by atomic mass is 32.2. The van der Waals surface area contributed by atoms with Crippen molar-refractivity contribution in [3.05, 3.63) is 35.7 Å². The maximum atomic E-state index is 12.0. The Bertz CT molecular complexity index is 674. The smallest absolute Gasteiger partial charge is 0.405 e. The number of benzene rings is 1. The number of ether oxygens (including phenoxy) is 1. The normalized spacial score (nSPS) is 11.3. The van der Waals surface area contributed by atoms with Gasteiger partial charge in [0.2, 0.25) is 11.8 Å². The van der Waals surface area contributed by atoms with Crippen LogP contribution in [0.5, 0.6) is 5.75 Å². The first-order valence-electron chi connectivity index (χ1n) is 6.77. The molecule has 2 aromatic rings. The van der Waals surface area contributed by atoms with Crippen molar-refractivity contribution < 1.29 is 27.1 Å². The Morgan fingerprint density at radius 3 is 2.62 bits per heavy atom. The number of aromatic nitrogens is 2. The van der Waals surface area contributed by atoms with Crippen molar-refractivity contribution in [2.45, 2.75) is 17.8 Å². The molecule has 0 unspecified atom stereocenters. The van der Waals surface area contributed by atoms with Crippen LogP contribution >= 0.6 is 11.8 Å². The number of carbonyl (C=O) groups is 1. The number of thioether (sulfide) groups is 1. The number of rotatable bonds is 7. The molecule has 1 aromatic heterocycles. The van der Waals surface area contributed by atoms with Crippen LogP contribution in [0.2, 0.25) is 0 Å². The Morgan fingerprint density at radius 1 is 1.29 bits per heavy atom. The largest absolute Gasteiger partial charge is 0.497 e. The third kappa shape index (κ3) is 6.11. The quantitative estimate of drug-likeness (QED) is 0.764. The highest BCUT2D eigenvalue weighted by Crippen LogP contribution is 2.19. The molecular formula is C14H14F3N3O3S. The third-order valence-corrected chi connectivity index (χ3v) is 3.59. The van der Waals surface area contributed by atoms with Crippen molar-refractivity contribution in [2.24, 2.45) is 0 Å². The molecule has 0 bridgehead atoms. The van der Waals surface area contributed by atoms with Gasteiger partial charge in [-0.2, -0.15) is 13.2 Å². The lowest BCUT2D eigenvalue weighted by Gasteiger charge is -2.06. The van der Waals surface area contributed by atoms with Gasteiger partial charge in [-0.15, -0.1) is 10.2 Å². The topological polar surface area (TPSA) is 77.2 Å². The number of nitrogens with one attached hydrogen (secondary N) is 1. The molecule has 0 saturated heterocycles. The lowest BCUT2D eigenvalue weighted by molar-refractivity contribution is -0.136. The summed E-state index contributed by atoms with van der Waals surface area (Å²) in [5.41, 5.74) is 0.930. The van der Waals surface area contributed by atoms with E-state index in [-0.39, 0.29) is 11.0 Å². The molecule has 0 spiro atoms. The van der Waals surface area contributed by atoms with Gasteiger partial charge >= 0.3 is 6.18 Å². The van der Waals surface area contributed by atoms with Gasteiger partial charge < -0.3 is 14.5 Å². The molecule has 6 nitrogen and oxygen atoms in total. The zero-order valence-corrected chi connectivity index (χ0v) is 13.4. The fourth-order valence-corrected chi connectivity index (χ4v) is 2.27. The van der Waals surface area contributed by atoms with Gasteiger partial charge in [0.25, 0.3) is 5.22 Å². The highest BCUT2D eigenvalue weighted by Gasteiger charge is 2.27. The van der Waals surface area contributed by atoms with Crippen LogP contribution < -0.4 is 10.1 Å². The molecule has 130 valence electrons. The Morgan fingerprint density at radius 2 is 2.00 bits per heavy atom. The van der Waals surface area contributed by atoms with Crippen LogP contribution in [0.25, 0.3) is 0 Å². The minimum Gasteiger partial charge on any atom is -0.497 e. The predicted octanol–water partition coefficient (Wildman–Crippen LogP) is 2.44. The molecule has 0 aliphatic heterocycles. The van der Waals surface area contributed by atoms with Gasteiger partial charge in [-0.05, 0) is 17.7 Å². The number of carbonyl (C=O) groups excluding carboxylic acids is 1. The van der Waals surface area contributed by atoms with Crippen LogP contribution in [0.1, 0.15) is 11.5 Å². The van der Waals surface area contributed by atoms with Crippen molar-refractivity contribution in [3.8, 4) is 5.75 Å². The van der Waals surface area contributed by atoms with Gasteiger partial charge in [-0.25, -0.2) is 0 Å². The monoisotopic (exact) mass is 361 g/mol. The van der Waals surface area contributed by atoms with Crippen LogP contribution in [0.4, 0.5) is 13.2 Å². The van der Waals surface area contributed by atoms with E-state index in [1.165, 1.54) is 0 Å². The lowest BCUT2D eigenvalue weighted by atomic mass is 10.1. The van der Waals surface area contributed by atoms with Gasteiger partial charge in [-0.3, -0.25) is 4.79 Å². The number of amides is 1. The van der Waals surface area contributed by atoms with Crippen LogP contribution in [0, 0.1) is 0 Å². The van der Waals surface area contributed by atoms with E-state index in [1.54, 1.807) is 24.6 Å². The molecule has 10 heteroatoms. The van der Waals surface area contributed by atoms with E-state index in [0.717, 1.165) is 23.1 Å². The number of nitrogens with zero attached hydrogens (tertiary/aromatic N) is 2. The van der Waals surface area contributed by atoms with Gasteiger partial charge in [-0.1, -0.05) is 23.9 Å². The van der Waals surface area contributed by atoms with Gasteiger partial charge in [0, 0.05) is 0 Å². The Kier molecular flexibility index (Phi) is 6.07. The second-order valence-electron chi connectivity index (χ2n) is 4.67. The minimum absolute atomic E-state index is 0.126. The molecule has 0 fully saturated rings. The average molecular weight is 361 g/mol. The van der Waals surface area contributed by atoms with Crippen LogP contribution in [-0.2, 0) is 11.2 Å². The third-order valence-electron chi connectivity index (χ3n) is 2.78. The molecule has 0 aliphatic carbocycles. The first-order valence-corrected chi connectivity index (χ1v) is 7.76. The van der Waals surface area contributed by atoms with E-state index in [9.17, 15) is 18.0 Å². The Labute approximate surface area is 139 Å². The summed E-state index contributed by atoms with van der Waals surface area (Å²) in [5, 5.41) is 9.47. The Balaban J connectivity index is 1.81. The molecule has 0 atom stereocenters. The van der Waals surface area contributed by atoms with E-state index in [1.807, 2.05) is 12.1 Å². The van der Waals surface area contributed by atoms with E-state index < -0.39 is 18.6 Å². The lowest BCUT2D eigenvalue weighted by Crippen LogP contribution is -2.34. The molecule has 2 rings (SSSR count). The zero-order chi connectivity index (χ0) is 17.6. The highest BCUT2D eigenvalue weighted by molar-refractivity contribution is 7.99. The summed E-state index contributed by atoms with van der Waals surface area (Å²) in [6, 6.07) is 7.29. The summed E-state index contributed by atoms with van der Waals surface area (Å²) >= 11 is 0.877. The molecule has 1 heterocycles. The summed E-state index contributed by atoms with van der Waals surface area (Å²) < 4.78 is 46.3. The zero-order valence-electron chi connectivity index (χ0n) is 12.6. The number of methoxy groups -OCH3 is 1. The minimum atomic E-state index is -4.43. The van der Waals surface area contributed by atoms with Gasteiger partial charge in [0.15, 0.2) is 0 Å². The van der Waals surface area contributed by atoms with Gasteiger partial charge in [0.1, 0.15) is 12.3 Å². The number of hydrogen-bond acceptors (Lipinski definition) is 6. The van der Waals surface area contributed by atoms with E-state index in [0.29, 0.717) is 12.3 Å². The molecule has 0 aliphatic rings. The van der Waals surface area contributed by atoms with Crippen molar-refractivity contribution in [1.82, 2.24) is 15.5 Å². The van der Waals surface area contributed by atoms with Crippen molar-refractivity contribution in [3.63, 3.8) is 0 Å². The van der Waals surface area contributed by atoms with Gasteiger partial charge in [0.05, 0.1) is 19.3 Å². The summed E-state index contributed by atoms with van der Waals surface area (Å²) in [6.07, 6.45) is -4.03. The standard InChI is InChI=1S/C14H14F3N3O3S/c1-22-10-4-2-9(3-5-10)6-12-19-20-13(23-12)24-7-11(21)18-8-14(15,16)17/h2-5H,6-8H2,1H3,(H,18,21). The fourth-order valence-electron chi connectivity index (χ4n) is 1.66. The van der Waals surface area contributed by atoms with E-state index in [2.05, 4.69) is 10.2 Å². The summed E-state index contributed by atoms with van der Waals surface area (Å²) in [4.78, 5) is 11.3. The van der Waals surface area contributed by atoms with E-state index in [4.69, 9.17) is 9.15 Å². The molecule has 24 heavy (non-hydrogen) atoms. The number of hydrogen-bond donors (Lipinski definition) is 1. The van der Waals surface area contributed by atoms with Crippen molar-refractivity contribution in [2.75, 3.05) is 19.4 Å². The number of alkyl halides is 3. The molecule has 1 amide bonds. The molecule has 1 aromatic carbocycles. The molecule has 1 N–H and O–H groups in total. The average Bonchev–Trinajstić information content (AvgIpc) is 2.98. The predicted molar refractivity (Wildman–Crippen MR) is 79.9 cm³/mol. The Hall–Kier alpha value is -2.23. The summed E-state index contributed by atoms with van der Waals surface area (Å²) in [5.74, 6) is 0.0799. The van der Waals surface area contributed by atoms with Crippen molar-refractivity contribution >= 4 is 17.7 Å². The first-order chi connectivity index (χ1) is 11.4. The van der Waals surface area contributed by atoms with E-state index >= 15 is 0 Å².